The first kappa shape index (κ1) is 15.9. The Kier molecular flexibility index (Phi) is 4.61. The van der Waals surface area contributed by atoms with Gasteiger partial charge < -0.3 is 14.6 Å². The van der Waals surface area contributed by atoms with E-state index in [4.69, 9.17) is 11.6 Å². The van der Waals surface area contributed by atoms with Crippen LogP contribution in [0.4, 0.5) is 0 Å². The van der Waals surface area contributed by atoms with Crippen molar-refractivity contribution in [2.24, 2.45) is 5.41 Å². The summed E-state index contributed by atoms with van der Waals surface area (Å²) < 4.78 is 1.80. The van der Waals surface area contributed by atoms with E-state index < -0.39 is 11.4 Å². The Balaban J connectivity index is 2.25. The number of piperidine rings is 1. The van der Waals surface area contributed by atoms with Crippen LogP contribution in [-0.2, 0) is 11.3 Å². The van der Waals surface area contributed by atoms with Gasteiger partial charge in [-0.3, -0.25) is 9.59 Å². The second kappa shape index (κ2) is 6.10. The molecule has 0 radical (unpaired) electrons. The molecular weight excluding hydrogens is 292 g/mol. The number of carbonyl (C=O) groups is 2. The fourth-order valence-corrected chi connectivity index (χ4v) is 3.22. The van der Waals surface area contributed by atoms with E-state index in [1.807, 2.05) is 13.8 Å². The lowest BCUT2D eigenvalue weighted by molar-refractivity contribution is -0.152. The third-order valence-corrected chi connectivity index (χ3v) is 4.62. The quantitative estimate of drug-likeness (QED) is 0.930. The predicted octanol–water partition coefficient (Wildman–Crippen LogP) is 2.88. The molecule has 1 aromatic rings. The van der Waals surface area contributed by atoms with Crippen LogP contribution in [-0.4, -0.2) is 39.5 Å². The van der Waals surface area contributed by atoms with Crippen LogP contribution in [0.15, 0.2) is 12.3 Å². The fraction of sp³-hybridized carbons (Fsp3) is 0.600. The average Bonchev–Trinajstić information content (AvgIpc) is 2.87. The van der Waals surface area contributed by atoms with Crippen LogP contribution in [0.2, 0.25) is 5.02 Å². The Hall–Kier alpha value is -1.49. The van der Waals surface area contributed by atoms with Gasteiger partial charge >= 0.3 is 5.97 Å². The van der Waals surface area contributed by atoms with Crippen molar-refractivity contribution < 1.29 is 14.7 Å². The molecule has 5 nitrogen and oxygen atoms in total. The molecule has 2 rings (SSSR count). The van der Waals surface area contributed by atoms with Gasteiger partial charge in [0.15, 0.2) is 0 Å². The van der Waals surface area contributed by atoms with Crippen LogP contribution in [0.25, 0.3) is 0 Å². The van der Waals surface area contributed by atoms with Gasteiger partial charge in [-0.2, -0.15) is 0 Å². The molecule has 1 atom stereocenters. The second-order valence-corrected chi connectivity index (χ2v) is 6.04. The maximum Gasteiger partial charge on any atom is 0.311 e. The zero-order valence-electron chi connectivity index (χ0n) is 12.4. The van der Waals surface area contributed by atoms with E-state index in [2.05, 4.69) is 0 Å². The van der Waals surface area contributed by atoms with Crippen LogP contribution in [0.5, 0.6) is 0 Å². The number of amides is 1. The Labute approximate surface area is 129 Å². The number of rotatable bonds is 4. The highest BCUT2D eigenvalue weighted by atomic mass is 35.5. The van der Waals surface area contributed by atoms with Gasteiger partial charge in [0.05, 0.1) is 10.4 Å². The van der Waals surface area contributed by atoms with Gasteiger partial charge in [0.25, 0.3) is 5.91 Å². The molecule has 0 bridgehead atoms. The minimum absolute atomic E-state index is 0.137. The van der Waals surface area contributed by atoms with Crippen molar-refractivity contribution in [3.63, 3.8) is 0 Å². The number of nitrogens with zero attached hydrogens (tertiary/aromatic N) is 2. The van der Waals surface area contributed by atoms with Crippen LogP contribution in [0.3, 0.4) is 0 Å². The van der Waals surface area contributed by atoms with Crippen molar-refractivity contribution in [2.75, 3.05) is 13.1 Å². The highest BCUT2D eigenvalue weighted by molar-refractivity contribution is 6.31. The number of aliphatic carboxylic acids is 1. The molecule has 2 heterocycles. The number of carboxylic acids is 1. The fourth-order valence-electron chi connectivity index (χ4n) is 3.00. The minimum Gasteiger partial charge on any atom is -0.481 e. The number of likely N-dealkylation sites (tertiary alicyclic amines) is 1. The minimum atomic E-state index is -0.818. The maximum absolute atomic E-state index is 12.7. The second-order valence-electron chi connectivity index (χ2n) is 5.60. The Morgan fingerprint density at radius 1 is 1.43 bits per heavy atom. The van der Waals surface area contributed by atoms with Crippen LogP contribution in [0.1, 0.15) is 43.6 Å². The standard InChI is InChI=1S/C15H21ClN2O3/c1-3-15(14(20)21)6-5-7-18(10-15)13(19)12-8-11(16)9-17(12)4-2/h8-9H,3-7,10H2,1-2H3,(H,20,21). The zero-order chi connectivity index (χ0) is 15.6. The number of halogens is 1. The van der Waals surface area contributed by atoms with E-state index in [0.29, 0.717) is 43.1 Å². The van der Waals surface area contributed by atoms with Crippen molar-refractivity contribution in [1.29, 1.82) is 0 Å². The summed E-state index contributed by atoms with van der Waals surface area (Å²) in [6.07, 6.45) is 3.59. The summed E-state index contributed by atoms with van der Waals surface area (Å²) >= 11 is 5.98. The summed E-state index contributed by atoms with van der Waals surface area (Å²) in [7, 11) is 0. The van der Waals surface area contributed by atoms with E-state index in [1.54, 1.807) is 21.7 Å². The summed E-state index contributed by atoms with van der Waals surface area (Å²) in [4.78, 5) is 25.9. The number of carbonyl (C=O) groups excluding carboxylic acids is 1. The first-order valence-electron chi connectivity index (χ1n) is 7.32. The molecule has 6 heteroatoms. The molecule has 1 aliphatic rings. The third-order valence-electron chi connectivity index (χ3n) is 4.42. The van der Waals surface area contributed by atoms with Crippen molar-refractivity contribution in [3.05, 3.63) is 23.0 Å². The first-order chi connectivity index (χ1) is 9.93. The molecule has 116 valence electrons. The van der Waals surface area contributed by atoms with Gasteiger partial charge in [-0.05, 0) is 32.3 Å². The highest BCUT2D eigenvalue weighted by Crippen LogP contribution is 2.34. The summed E-state index contributed by atoms with van der Waals surface area (Å²) in [5.74, 6) is -0.950. The van der Waals surface area contributed by atoms with E-state index in [9.17, 15) is 14.7 Å². The zero-order valence-corrected chi connectivity index (χ0v) is 13.2. The van der Waals surface area contributed by atoms with Crippen LogP contribution >= 0.6 is 11.6 Å². The first-order valence-corrected chi connectivity index (χ1v) is 7.69. The maximum atomic E-state index is 12.7. The molecule has 1 fully saturated rings. The summed E-state index contributed by atoms with van der Waals surface area (Å²) in [6.45, 7) is 5.33. The summed E-state index contributed by atoms with van der Waals surface area (Å²) in [6, 6.07) is 1.65. The van der Waals surface area contributed by atoms with Crippen LogP contribution < -0.4 is 0 Å². The van der Waals surface area contributed by atoms with Gasteiger partial charge in [-0.15, -0.1) is 0 Å². The summed E-state index contributed by atoms with van der Waals surface area (Å²) in [5.41, 5.74) is -0.291. The van der Waals surface area contributed by atoms with Crippen molar-refractivity contribution in [2.45, 2.75) is 39.7 Å². The average molecular weight is 313 g/mol. The van der Waals surface area contributed by atoms with E-state index in [0.717, 1.165) is 0 Å². The molecule has 1 N–H and O–H groups in total. The number of hydrogen-bond donors (Lipinski definition) is 1. The molecule has 1 saturated heterocycles. The lowest BCUT2D eigenvalue weighted by Crippen LogP contribution is -2.50. The molecular formula is C15H21ClN2O3. The molecule has 0 aromatic carbocycles. The molecule has 21 heavy (non-hydrogen) atoms. The number of carboxylic acid groups (broad SMARTS) is 1. The van der Waals surface area contributed by atoms with Crippen molar-refractivity contribution >= 4 is 23.5 Å². The smallest absolute Gasteiger partial charge is 0.311 e. The van der Waals surface area contributed by atoms with Gasteiger partial charge in [-0.25, -0.2) is 0 Å². The highest BCUT2D eigenvalue weighted by Gasteiger charge is 2.42. The molecule has 1 unspecified atom stereocenters. The SMILES string of the molecule is CCn1cc(Cl)cc1C(=O)N1CCCC(CC)(C(=O)O)C1. The lowest BCUT2D eigenvalue weighted by atomic mass is 9.77. The number of aryl methyl sites for hydroxylation is 1. The largest absolute Gasteiger partial charge is 0.481 e. The molecule has 0 saturated carbocycles. The van der Waals surface area contributed by atoms with Crippen molar-refractivity contribution in [3.8, 4) is 0 Å². The van der Waals surface area contributed by atoms with Crippen molar-refractivity contribution in [1.82, 2.24) is 9.47 Å². The Morgan fingerprint density at radius 3 is 2.71 bits per heavy atom. The van der Waals surface area contributed by atoms with Crippen LogP contribution in [0, 0.1) is 5.41 Å². The third kappa shape index (κ3) is 2.93. The number of hydrogen-bond acceptors (Lipinski definition) is 2. The van der Waals surface area contributed by atoms with Gasteiger partial charge in [-0.1, -0.05) is 18.5 Å². The predicted molar refractivity (Wildman–Crippen MR) is 80.6 cm³/mol. The molecule has 1 amide bonds. The van der Waals surface area contributed by atoms with E-state index in [-0.39, 0.29) is 12.5 Å². The molecule has 1 aliphatic heterocycles. The lowest BCUT2D eigenvalue weighted by Gasteiger charge is -2.39. The Bertz CT molecular complexity index is 555. The monoisotopic (exact) mass is 312 g/mol. The van der Waals surface area contributed by atoms with E-state index in [1.165, 1.54) is 0 Å². The van der Waals surface area contributed by atoms with Gasteiger partial charge in [0, 0.05) is 25.8 Å². The molecule has 1 aromatic heterocycles. The molecule has 0 spiro atoms. The summed E-state index contributed by atoms with van der Waals surface area (Å²) in [5, 5.41) is 10.0. The normalized spacial score (nSPS) is 22.3. The van der Waals surface area contributed by atoms with Gasteiger partial charge in [0.2, 0.25) is 0 Å². The van der Waals surface area contributed by atoms with E-state index >= 15 is 0 Å². The number of aromatic nitrogens is 1. The topological polar surface area (TPSA) is 62.5 Å². The molecule has 0 aliphatic carbocycles. The Morgan fingerprint density at radius 2 is 2.14 bits per heavy atom. The van der Waals surface area contributed by atoms with Gasteiger partial charge in [0.1, 0.15) is 5.69 Å².